The summed E-state index contributed by atoms with van der Waals surface area (Å²) in [5.74, 6) is 0.212. The number of aryl methyl sites for hydroxylation is 1. The normalized spacial score (nSPS) is 11.1. The fraction of sp³-hybridized carbons (Fsp3) is 0.0455. The lowest BCUT2D eigenvalue weighted by molar-refractivity contribution is 0.102. The molecule has 0 radical (unpaired) electrons. The van der Waals surface area contributed by atoms with Gasteiger partial charge in [0.2, 0.25) is 5.95 Å². The lowest BCUT2D eigenvalue weighted by atomic mass is 10.2. The Kier molecular flexibility index (Phi) is 5.46. The van der Waals surface area contributed by atoms with Crippen molar-refractivity contribution in [3.8, 4) is 11.6 Å². The van der Waals surface area contributed by atoms with E-state index in [1.54, 1.807) is 43.3 Å². The molecule has 2 aromatic carbocycles. The maximum absolute atomic E-state index is 12.9. The summed E-state index contributed by atoms with van der Waals surface area (Å²) < 4.78 is 3.73. The van der Waals surface area contributed by atoms with Gasteiger partial charge in [-0.25, -0.2) is 4.68 Å². The smallest absolute Gasteiger partial charge is 0.263 e. The highest BCUT2D eigenvalue weighted by molar-refractivity contribution is 14.1. The third kappa shape index (κ3) is 4.02. The average molecular weight is 572 g/mol. The second kappa shape index (κ2) is 8.45. The molecule has 5 rings (SSSR count). The summed E-state index contributed by atoms with van der Waals surface area (Å²) in [7, 11) is 0. The molecule has 1 amide bonds. The summed E-state index contributed by atoms with van der Waals surface area (Å²) in [6.45, 7) is 1.78. The van der Waals surface area contributed by atoms with E-state index in [9.17, 15) is 9.59 Å². The van der Waals surface area contributed by atoms with Crippen molar-refractivity contribution in [3.05, 3.63) is 91.0 Å². The van der Waals surface area contributed by atoms with Crippen molar-refractivity contribution < 1.29 is 4.79 Å². The van der Waals surface area contributed by atoms with Crippen molar-refractivity contribution >= 4 is 57.0 Å². The van der Waals surface area contributed by atoms with Crippen LogP contribution in [-0.4, -0.2) is 35.4 Å². The second-order valence-electron chi connectivity index (χ2n) is 7.18. The zero-order valence-electron chi connectivity index (χ0n) is 17.1. The van der Waals surface area contributed by atoms with Crippen LogP contribution in [0.4, 0.5) is 5.82 Å². The van der Waals surface area contributed by atoms with Gasteiger partial charge in [0.05, 0.1) is 23.1 Å². The molecule has 0 fully saturated rings. The van der Waals surface area contributed by atoms with Gasteiger partial charge in [0.1, 0.15) is 11.2 Å². The number of nitrogens with one attached hydrogen (secondary N) is 2. The monoisotopic (exact) mass is 571 g/mol. The molecule has 9 nitrogen and oxygen atoms in total. The minimum Gasteiger partial charge on any atom is -0.306 e. The van der Waals surface area contributed by atoms with E-state index in [4.69, 9.17) is 11.6 Å². The summed E-state index contributed by atoms with van der Waals surface area (Å²) in [5.41, 5.74) is 1.77. The average Bonchev–Trinajstić information content (AvgIpc) is 3.37. The molecule has 0 aliphatic rings. The van der Waals surface area contributed by atoms with E-state index in [1.165, 1.54) is 15.6 Å². The molecule has 164 valence electrons. The fourth-order valence-electron chi connectivity index (χ4n) is 3.38. The van der Waals surface area contributed by atoms with Gasteiger partial charge in [0, 0.05) is 14.7 Å². The lowest BCUT2D eigenvalue weighted by Gasteiger charge is -2.10. The van der Waals surface area contributed by atoms with E-state index in [0.717, 1.165) is 3.57 Å². The topological polar surface area (TPSA) is 110 Å². The number of halogens is 2. The van der Waals surface area contributed by atoms with Crippen molar-refractivity contribution in [2.24, 2.45) is 0 Å². The number of fused-ring (bicyclic) bond motifs is 1. The molecule has 0 saturated heterocycles. The highest BCUT2D eigenvalue weighted by Crippen LogP contribution is 2.21. The predicted octanol–water partition coefficient (Wildman–Crippen LogP) is 4.11. The number of nitrogens with zero attached hydrogens (tertiary/aromatic N) is 5. The molecule has 0 bridgehead atoms. The van der Waals surface area contributed by atoms with Crippen molar-refractivity contribution in [1.82, 2.24) is 29.5 Å². The van der Waals surface area contributed by atoms with Gasteiger partial charge in [0.15, 0.2) is 5.65 Å². The van der Waals surface area contributed by atoms with Crippen LogP contribution in [0.5, 0.6) is 0 Å². The standard InChI is InChI=1S/C22H15ClIN7O2/c1-12-9-18(26-20(32)15-7-2-3-8-17(15)24)31(29-12)22-27-19-16(21(33)28-22)11-25-30(19)14-6-4-5-13(23)10-14/h2-11H,1H3,(H,26,32)(H,27,28,33). The largest absolute Gasteiger partial charge is 0.306 e. The number of amides is 1. The molecule has 11 heteroatoms. The minimum absolute atomic E-state index is 0.141. The summed E-state index contributed by atoms with van der Waals surface area (Å²) in [5, 5.41) is 12.4. The van der Waals surface area contributed by atoms with Crippen LogP contribution >= 0.6 is 34.2 Å². The zero-order valence-corrected chi connectivity index (χ0v) is 20.0. The van der Waals surface area contributed by atoms with Crippen LogP contribution in [0.3, 0.4) is 0 Å². The van der Waals surface area contributed by atoms with Gasteiger partial charge < -0.3 is 5.32 Å². The van der Waals surface area contributed by atoms with Crippen molar-refractivity contribution in [2.75, 3.05) is 5.32 Å². The molecule has 3 aromatic heterocycles. The van der Waals surface area contributed by atoms with Gasteiger partial charge in [-0.15, -0.1) is 0 Å². The van der Waals surface area contributed by atoms with Crippen LogP contribution in [0.25, 0.3) is 22.7 Å². The number of anilines is 1. The van der Waals surface area contributed by atoms with Crippen molar-refractivity contribution in [2.45, 2.75) is 6.92 Å². The number of rotatable bonds is 4. The molecule has 5 aromatic rings. The van der Waals surface area contributed by atoms with E-state index >= 15 is 0 Å². The first-order valence-electron chi connectivity index (χ1n) is 9.77. The SMILES string of the molecule is Cc1cc(NC(=O)c2ccccc2I)n(-c2nc3c(cnn3-c3cccc(Cl)c3)c(=O)[nH]2)n1. The Morgan fingerprint density at radius 1 is 1.12 bits per heavy atom. The Morgan fingerprint density at radius 2 is 1.94 bits per heavy atom. The Bertz CT molecular complexity index is 1590. The summed E-state index contributed by atoms with van der Waals surface area (Å²) in [6, 6.07) is 16.0. The lowest BCUT2D eigenvalue weighted by Crippen LogP contribution is -2.19. The van der Waals surface area contributed by atoms with Crippen LogP contribution < -0.4 is 10.9 Å². The van der Waals surface area contributed by atoms with Gasteiger partial charge >= 0.3 is 0 Å². The van der Waals surface area contributed by atoms with Crippen LogP contribution in [0.1, 0.15) is 16.1 Å². The van der Waals surface area contributed by atoms with Gasteiger partial charge in [-0.1, -0.05) is 29.8 Å². The van der Waals surface area contributed by atoms with Crippen LogP contribution in [0.15, 0.2) is 65.6 Å². The number of carbonyl (C=O) groups excluding carboxylic acids is 1. The number of H-pyrrole nitrogens is 1. The van der Waals surface area contributed by atoms with Gasteiger partial charge in [0.25, 0.3) is 11.5 Å². The van der Waals surface area contributed by atoms with Crippen LogP contribution in [0, 0.1) is 10.5 Å². The van der Waals surface area contributed by atoms with E-state index in [-0.39, 0.29) is 17.4 Å². The molecule has 33 heavy (non-hydrogen) atoms. The van der Waals surface area contributed by atoms with Gasteiger partial charge in [-0.05, 0) is 59.8 Å². The number of hydrogen-bond acceptors (Lipinski definition) is 5. The Labute approximate surface area is 205 Å². The molecular weight excluding hydrogens is 557 g/mol. The zero-order chi connectivity index (χ0) is 23.1. The fourth-order valence-corrected chi connectivity index (χ4v) is 4.20. The van der Waals surface area contributed by atoms with Gasteiger partial charge in [-0.2, -0.15) is 19.9 Å². The van der Waals surface area contributed by atoms with E-state index in [0.29, 0.717) is 38.8 Å². The van der Waals surface area contributed by atoms with Gasteiger partial charge in [-0.3, -0.25) is 14.6 Å². The summed E-state index contributed by atoms with van der Waals surface area (Å²) in [4.78, 5) is 33.0. The maximum Gasteiger partial charge on any atom is 0.263 e. The Balaban J connectivity index is 1.60. The van der Waals surface area contributed by atoms with E-state index < -0.39 is 0 Å². The highest BCUT2D eigenvalue weighted by atomic mass is 127. The number of benzene rings is 2. The first kappa shape index (κ1) is 21.3. The third-order valence-electron chi connectivity index (χ3n) is 4.87. The van der Waals surface area contributed by atoms with Crippen LogP contribution in [0.2, 0.25) is 5.02 Å². The molecular formula is C22H15ClIN7O2. The molecule has 3 heterocycles. The second-order valence-corrected chi connectivity index (χ2v) is 8.78. The molecule has 0 saturated carbocycles. The summed E-state index contributed by atoms with van der Waals surface area (Å²) >= 11 is 8.23. The number of carbonyl (C=O) groups is 1. The first-order valence-corrected chi connectivity index (χ1v) is 11.2. The highest BCUT2D eigenvalue weighted by Gasteiger charge is 2.18. The molecule has 0 spiro atoms. The number of aromatic amines is 1. The maximum atomic E-state index is 12.9. The molecule has 2 N–H and O–H groups in total. The minimum atomic E-state index is -0.383. The first-order chi connectivity index (χ1) is 15.9. The molecule has 0 unspecified atom stereocenters. The van der Waals surface area contributed by atoms with Crippen molar-refractivity contribution in [1.29, 1.82) is 0 Å². The number of hydrogen-bond donors (Lipinski definition) is 2. The molecule has 0 atom stereocenters. The third-order valence-corrected chi connectivity index (χ3v) is 6.05. The summed E-state index contributed by atoms with van der Waals surface area (Å²) in [6.07, 6.45) is 1.44. The van der Waals surface area contributed by atoms with E-state index in [2.05, 4.69) is 48.1 Å². The number of aromatic nitrogens is 6. The quantitative estimate of drug-likeness (QED) is 0.316. The molecule has 0 aliphatic carbocycles. The van der Waals surface area contributed by atoms with E-state index in [1.807, 2.05) is 18.2 Å². The van der Waals surface area contributed by atoms with Crippen molar-refractivity contribution in [3.63, 3.8) is 0 Å². The van der Waals surface area contributed by atoms with Crippen LogP contribution in [-0.2, 0) is 0 Å². The Hall–Kier alpha value is -3.51. The Morgan fingerprint density at radius 3 is 2.73 bits per heavy atom. The molecule has 0 aliphatic heterocycles. The predicted molar refractivity (Wildman–Crippen MR) is 133 cm³/mol.